The summed E-state index contributed by atoms with van der Waals surface area (Å²) in [6.45, 7) is 3.77. The molecule has 0 saturated carbocycles. The van der Waals surface area contributed by atoms with E-state index in [0.717, 1.165) is 0 Å². The Morgan fingerprint density at radius 1 is 1.44 bits per heavy atom. The van der Waals surface area contributed by atoms with E-state index >= 15 is 0 Å². The molecule has 1 rings (SSSR count). The van der Waals surface area contributed by atoms with Crippen LogP contribution in [0.5, 0.6) is 0 Å². The summed E-state index contributed by atoms with van der Waals surface area (Å²) in [5.41, 5.74) is 0.612. The molecular weight excluding hydrogens is 234 g/mol. The van der Waals surface area contributed by atoms with Crippen LogP contribution in [0, 0.1) is 10.1 Å². The van der Waals surface area contributed by atoms with Gasteiger partial charge in [-0.15, -0.1) is 0 Å². The van der Waals surface area contributed by atoms with Crippen LogP contribution < -0.4 is 5.32 Å². The van der Waals surface area contributed by atoms with Gasteiger partial charge in [0.15, 0.2) is 0 Å². The highest BCUT2D eigenvalue weighted by Gasteiger charge is 2.19. The highest BCUT2D eigenvalue weighted by Crippen LogP contribution is 2.25. The Bertz CT molecular complexity index is 472. The van der Waals surface area contributed by atoms with Gasteiger partial charge in [0.2, 0.25) is 0 Å². The number of nitrogens with zero attached hydrogens (tertiary/aromatic N) is 2. The number of nitrogens with one attached hydrogen (secondary N) is 1. The monoisotopic (exact) mass is 251 g/mol. The summed E-state index contributed by atoms with van der Waals surface area (Å²) >= 11 is 0. The summed E-state index contributed by atoms with van der Waals surface area (Å²) in [6.07, 6.45) is 0. The third-order valence-corrected chi connectivity index (χ3v) is 2.81. The lowest BCUT2D eigenvalue weighted by Gasteiger charge is -2.21. The first-order valence-electron chi connectivity index (χ1n) is 5.61. The fraction of sp³-hybridized carbons (Fsp3) is 0.417. The Morgan fingerprint density at radius 2 is 2.06 bits per heavy atom. The molecule has 1 aromatic carbocycles. The second-order valence-electron chi connectivity index (χ2n) is 4.25. The van der Waals surface area contributed by atoms with Gasteiger partial charge in [-0.05, 0) is 26.0 Å². The predicted molar refractivity (Wildman–Crippen MR) is 69.9 cm³/mol. The van der Waals surface area contributed by atoms with Crippen molar-refractivity contribution in [2.45, 2.75) is 19.9 Å². The van der Waals surface area contributed by atoms with E-state index in [0.29, 0.717) is 11.3 Å². The zero-order chi connectivity index (χ0) is 13.9. The van der Waals surface area contributed by atoms with Gasteiger partial charge in [0, 0.05) is 31.8 Å². The van der Waals surface area contributed by atoms with Crippen molar-refractivity contribution < 1.29 is 9.72 Å². The molecule has 98 valence electrons. The molecule has 1 amide bonds. The van der Waals surface area contributed by atoms with E-state index in [2.05, 4.69) is 5.32 Å². The van der Waals surface area contributed by atoms with Gasteiger partial charge in [-0.2, -0.15) is 0 Å². The van der Waals surface area contributed by atoms with E-state index in [1.807, 2.05) is 13.8 Å². The minimum Gasteiger partial charge on any atom is -0.383 e. The molecule has 0 aliphatic carbocycles. The molecule has 0 spiro atoms. The van der Waals surface area contributed by atoms with Crippen LogP contribution in [0.1, 0.15) is 24.2 Å². The smallest absolute Gasteiger partial charge is 0.293 e. The van der Waals surface area contributed by atoms with Gasteiger partial charge >= 0.3 is 0 Å². The number of anilines is 1. The molecule has 0 aliphatic heterocycles. The lowest BCUT2D eigenvalue weighted by atomic mass is 10.1. The van der Waals surface area contributed by atoms with Crippen molar-refractivity contribution in [3.63, 3.8) is 0 Å². The number of carbonyl (C=O) groups excluding carboxylic acids is 1. The number of hydrogen-bond donors (Lipinski definition) is 1. The summed E-state index contributed by atoms with van der Waals surface area (Å²) in [5, 5.41) is 13.6. The van der Waals surface area contributed by atoms with Crippen molar-refractivity contribution in [3.05, 3.63) is 33.9 Å². The predicted octanol–water partition coefficient (Wildman–Crippen LogP) is 2.12. The highest BCUT2D eigenvalue weighted by molar-refractivity contribution is 5.95. The molecule has 1 aromatic rings. The second kappa shape index (κ2) is 5.48. The number of nitro benzene ring substituents is 1. The minimum atomic E-state index is -0.502. The van der Waals surface area contributed by atoms with Crippen molar-refractivity contribution in [2.75, 3.05) is 19.4 Å². The van der Waals surface area contributed by atoms with Crippen LogP contribution >= 0.6 is 0 Å². The second-order valence-corrected chi connectivity index (χ2v) is 4.25. The molecule has 0 bridgehead atoms. The first kappa shape index (κ1) is 14.0. The molecule has 0 radical (unpaired) electrons. The van der Waals surface area contributed by atoms with Crippen LogP contribution in [0.2, 0.25) is 0 Å². The highest BCUT2D eigenvalue weighted by atomic mass is 16.6. The molecular formula is C12H17N3O3. The van der Waals surface area contributed by atoms with E-state index in [9.17, 15) is 14.9 Å². The van der Waals surface area contributed by atoms with Gasteiger partial charge in [-0.3, -0.25) is 14.9 Å². The number of nitro groups is 1. The Labute approximate surface area is 106 Å². The Morgan fingerprint density at radius 3 is 2.50 bits per heavy atom. The van der Waals surface area contributed by atoms with Crippen LogP contribution in [-0.4, -0.2) is 35.9 Å². The maximum absolute atomic E-state index is 12.0. The normalized spacial score (nSPS) is 10.3. The zero-order valence-corrected chi connectivity index (χ0v) is 10.9. The third-order valence-electron chi connectivity index (χ3n) is 2.81. The van der Waals surface area contributed by atoms with E-state index in [1.54, 1.807) is 26.2 Å². The van der Waals surface area contributed by atoms with Crippen molar-refractivity contribution in [2.24, 2.45) is 0 Å². The molecule has 0 atom stereocenters. The number of rotatable bonds is 4. The Hall–Kier alpha value is -2.11. The van der Waals surface area contributed by atoms with E-state index < -0.39 is 4.92 Å². The fourth-order valence-corrected chi connectivity index (χ4v) is 1.47. The summed E-state index contributed by atoms with van der Waals surface area (Å²) in [7, 11) is 3.27. The summed E-state index contributed by atoms with van der Waals surface area (Å²) < 4.78 is 0. The number of hydrogen-bond acceptors (Lipinski definition) is 4. The molecule has 0 fully saturated rings. The van der Waals surface area contributed by atoms with Gasteiger partial charge in [0.05, 0.1) is 4.92 Å². The van der Waals surface area contributed by atoms with Gasteiger partial charge in [-0.1, -0.05) is 0 Å². The largest absolute Gasteiger partial charge is 0.383 e. The first-order chi connectivity index (χ1) is 8.38. The molecule has 6 heteroatoms. The standard InChI is InChI=1S/C12H17N3O3/c1-8(2)14(4)12(16)9-5-6-10(13-3)11(7-9)15(17)18/h5-8,13H,1-4H3. The Balaban J connectivity index is 3.16. The van der Waals surface area contributed by atoms with Crippen LogP contribution in [0.15, 0.2) is 18.2 Å². The fourth-order valence-electron chi connectivity index (χ4n) is 1.47. The van der Waals surface area contributed by atoms with Crippen molar-refractivity contribution in [1.29, 1.82) is 0 Å². The number of amides is 1. The molecule has 0 aliphatic rings. The van der Waals surface area contributed by atoms with Crippen LogP contribution in [0.25, 0.3) is 0 Å². The van der Waals surface area contributed by atoms with E-state index in [-0.39, 0.29) is 17.6 Å². The summed E-state index contributed by atoms with van der Waals surface area (Å²) in [5.74, 6) is -0.226. The number of carbonyl (C=O) groups is 1. The first-order valence-corrected chi connectivity index (χ1v) is 5.61. The van der Waals surface area contributed by atoms with Crippen molar-refractivity contribution >= 4 is 17.3 Å². The average Bonchev–Trinajstić information content (AvgIpc) is 2.35. The molecule has 0 unspecified atom stereocenters. The van der Waals surface area contributed by atoms with Gasteiger partial charge in [-0.25, -0.2) is 0 Å². The number of benzene rings is 1. The van der Waals surface area contributed by atoms with Crippen molar-refractivity contribution in [3.8, 4) is 0 Å². The lowest BCUT2D eigenvalue weighted by Crippen LogP contribution is -2.32. The molecule has 0 saturated heterocycles. The molecule has 0 aromatic heterocycles. The van der Waals surface area contributed by atoms with Crippen LogP contribution in [-0.2, 0) is 0 Å². The third kappa shape index (κ3) is 2.77. The maximum Gasteiger partial charge on any atom is 0.293 e. The lowest BCUT2D eigenvalue weighted by molar-refractivity contribution is -0.384. The average molecular weight is 251 g/mol. The molecule has 6 nitrogen and oxygen atoms in total. The molecule has 0 heterocycles. The summed E-state index contributed by atoms with van der Waals surface area (Å²) in [4.78, 5) is 24.0. The topological polar surface area (TPSA) is 75.5 Å². The van der Waals surface area contributed by atoms with Gasteiger partial charge in [0.1, 0.15) is 5.69 Å². The van der Waals surface area contributed by atoms with Crippen LogP contribution in [0.4, 0.5) is 11.4 Å². The molecule has 18 heavy (non-hydrogen) atoms. The minimum absolute atomic E-state index is 0.0422. The van der Waals surface area contributed by atoms with Gasteiger partial charge < -0.3 is 10.2 Å². The SMILES string of the molecule is CNc1ccc(C(=O)N(C)C(C)C)cc1[N+](=O)[O-]. The summed E-state index contributed by atoms with van der Waals surface area (Å²) in [6, 6.07) is 4.47. The van der Waals surface area contributed by atoms with Crippen molar-refractivity contribution in [1.82, 2.24) is 4.90 Å². The Kier molecular flexibility index (Phi) is 4.25. The maximum atomic E-state index is 12.0. The molecule has 1 N–H and O–H groups in total. The van der Waals surface area contributed by atoms with E-state index in [1.165, 1.54) is 11.0 Å². The van der Waals surface area contributed by atoms with Gasteiger partial charge in [0.25, 0.3) is 11.6 Å². The quantitative estimate of drug-likeness (QED) is 0.657. The zero-order valence-electron chi connectivity index (χ0n) is 10.9. The van der Waals surface area contributed by atoms with Crippen LogP contribution in [0.3, 0.4) is 0 Å². The van der Waals surface area contributed by atoms with E-state index in [4.69, 9.17) is 0 Å².